The lowest BCUT2D eigenvalue weighted by Crippen LogP contribution is -2.37. The Bertz CT molecular complexity index is 1220. The van der Waals surface area contributed by atoms with E-state index in [0.717, 1.165) is 5.56 Å². The van der Waals surface area contributed by atoms with Crippen molar-refractivity contribution in [2.75, 3.05) is 18.5 Å². The Morgan fingerprint density at radius 2 is 1.69 bits per heavy atom. The van der Waals surface area contributed by atoms with E-state index in [4.69, 9.17) is 21.1 Å². The van der Waals surface area contributed by atoms with Gasteiger partial charge in [0, 0.05) is 22.8 Å². The maximum Gasteiger partial charge on any atom is 0.329 e. The van der Waals surface area contributed by atoms with Crippen LogP contribution in [0.2, 0.25) is 5.02 Å². The topological polar surface area (TPSA) is 118 Å². The largest absolute Gasteiger partial charge is 0.494 e. The molecule has 3 rings (SSSR count). The third-order valence-corrected chi connectivity index (χ3v) is 4.89. The number of carbonyl (C=O) groups is 3. The minimum Gasteiger partial charge on any atom is -0.494 e. The number of rotatable bonds is 10. The lowest BCUT2D eigenvalue weighted by molar-refractivity contribution is -0.139. The zero-order valence-corrected chi connectivity index (χ0v) is 20.2. The lowest BCUT2D eigenvalue weighted by Gasteiger charge is -2.10. The molecule has 0 saturated heterocycles. The minimum atomic E-state index is -0.929. The number of hydrogen-bond acceptors (Lipinski definition) is 6. The molecule has 0 saturated carbocycles. The number of halogens is 1. The normalized spacial score (nSPS) is 10.5. The number of nitrogens with zero attached hydrogens (tertiary/aromatic N) is 1. The predicted octanol–water partition coefficient (Wildman–Crippen LogP) is 3.52. The van der Waals surface area contributed by atoms with Gasteiger partial charge in [0.2, 0.25) is 0 Å². The van der Waals surface area contributed by atoms with Crippen molar-refractivity contribution in [2.45, 2.75) is 13.5 Å². The third kappa shape index (κ3) is 8.44. The van der Waals surface area contributed by atoms with Crippen molar-refractivity contribution in [1.82, 2.24) is 10.7 Å². The van der Waals surface area contributed by atoms with Crippen molar-refractivity contribution < 1.29 is 23.9 Å². The standard InChI is InChI=1S/C26H25ClN4O5/c1-2-35-22-11-9-21(10-12-22)30-24(32)17-36-23-13-8-20(27)14-19(23)16-29-31-26(34)25(33)28-15-18-6-4-3-5-7-18/h3-14,16H,2,15,17H2,1H3,(H,28,33)(H,30,32)(H,31,34)/b29-16-. The number of hydrazone groups is 1. The van der Waals surface area contributed by atoms with E-state index < -0.39 is 11.8 Å². The van der Waals surface area contributed by atoms with Crippen LogP contribution < -0.4 is 25.5 Å². The van der Waals surface area contributed by atoms with Gasteiger partial charge in [0.15, 0.2) is 6.61 Å². The van der Waals surface area contributed by atoms with Gasteiger partial charge in [0.05, 0.1) is 12.8 Å². The van der Waals surface area contributed by atoms with Crippen LogP contribution in [0.1, 0.15) is 18.1 Å². The maximum absolute atomic E-state index is 12.3. The zero-order valence-electron chi connectivity index (χ0n) is 19.5. The number of nitrogens with one attached hydrogen (secondary N) is 3. The highest BCUT2D eigenvalue weighted by Gasteiger charge is 2.12. The van der Waals surface area contributed by atoms with Crippen LogP contribution in [0, 0.1) is 0 Å². The molecule has 3 aromatic carbocycles. The van der Waals surface area contributed by atoms with Crippen LogP contribution in [0.25, 0.3) is 0 Å². The molecule has 3 aromatic rings. The van der Waals surface area contributed by atoms with Crippen molar-refractivity contribution in [3.05, 3.63) is 88.9 Å². The van der Waals surface area contributed by atoms with Crippen LogP contribution in [-0.2, 0) is 20.9 Å². The van der Waals surface area contributed by atoms with Crippen molar-refractivity contribution >= 4 is 41.2 Å². The van der Waals surface area contributed by atoms with Gasteiger partial charge in [-0.15, -0.1) is 0 Å². The summed E-state index contributed by atoms with van der Waals surface area (Å²) >= 11 is 6.06. The van der Waals surface area contributed by atoms with E-state index in [1.54, 1.807) is 42.5 Å². The minimum absolute atomic E-state index is 0.210. The Morgan fingerprint density at radius 1 is 0.944 bits per heavy atom. The first kappa shape index (κ1) is 26.2. The number of anilines is 1. The van der Waals surface area contributed by atoms with Gasteiger partial charge in [-0.25, -0.2) is 5.43 Å². The molecule has 0 aliphatic carbocycles. The quantitative estimate of drug-likeness (QED) is 0.220. The molecule has 0 spiro atoms. The fourth-order valence-electron chi connectivity index (χ4n) is 2.96. The summed E-state index contributed by atoms with van der Waals surface area (Å²) < 4.78 is 11.0. The summed E-state index contributed by atoms with van der Waals surface area (Å²) in [4.78, 5) is 36.3. The van der Waals surface area contributed by atoms with Gasteiger partial charge < -0.3 is 20.1 Å². The summed E-state index contributed by atoms with van der Waals surface area (Å²) in [5.41, 5.74) is 4.01. The summed E-state index contributed by atoms with van der Waals surface area (Å²) in [6, 6.07) is 20.8. The number of ether oxygens (including phenoxy) is 2. The van der Waals surface area contributed by atoms with E-state index in [0.29, 0.717) is 34.4 Å². The molecule has 186 valence electrons. The second-order valence-electron chi connectivity index (χ2n) is 7.34. The summed E-state index contributed by atoms with van der Waals surface area (Å²) in [7, 11) is 0. The van der Waals surface area contributed by atoms with Gasteiger partial charge in [-0.3, -0.25) is 14.4 Å². The lowest BCUT2D eigenvalue weighted by atomic mass is 10.2. The van der Waals surface area contributed by atoms with Crippen molar-refractivity contribution in [3.8, 4) is 11.5 Å². The van der Waals surface area contributed by atoms with E-state index in [2.05, 4.69) is 21.2 Å². The molecule has 0 fully saturated rings. The molecular weight excluding hydrogens is 484 g/mol. The molecule has 3 amide bonds. The number of carbonyl (C=O) groups excluding carboxylic acids is 3. The van der Waals surface area contributed by atoms with Crippen molar-refractivity contribution in [1.29, 1.82) is 0 Å². The average Bonchev–Trinajstić information content (AvgIpc) is 2.88. The van der Waals surface area contributed by atoms with Crippen LogP contribution in [0.15, 0.2) is 77.9 Å². The molecular formula is C26H25ClN4O5. The Kier molecular flexibility index (Phi) is 9.84. The maximum atomic E-state index is 12.3. The van der Waals surface area contributed by atoms with E-state index in [1.807, 2.05) is 37.3 Å². The molecule has 0 aliphatic heterocycles. The fourth-order valence-corrected chi connectivity index (χ4v) is 3.14. The van der Waals surface area contributed by atoms with Crippen LogP contribution in [0.3, 0.4) is 0 Å². The second kappa shape index (κ2) is 13.5. The van der Waals surface area contributed by atoms with Crippen molar-refractivity contribution in [2.24, 2.45) is 5.10 Å². The molecule has 0 heterocycles. The second-order valence-corrected chi connectivity index (χ2v) is 7.78. The Hall–Kier alpha value is -4.37. The SMILES string of the molecule is CCOc1ccc(NC(=O)COc2ccc(Cl)cc2/C=N\NC(=O)C(=O)NCc2ccccc2)cc1. The predicted molar refractivity (Wildman–Crippen MR) is 137 cm³/mol. The summed E-state index contributed by atoms with van der Waals surface area (Å²) in [6.07, 6.45) is 1.27. The Morgan fingerprint density at radius 3 is 2.42 bits per heavy atom. The van der Waals surface area contributed by atoms with Crippen LogP contribution in [0.5, 0.6) is 11.5 Å². The monoisotopic (exact) mass is 508 g/mol. The first-order chi connectivity index (χ1) is 17.4. The van der Waals surface area contributed by atoms with Gasteiger partial charge in [-0.2, -0.15) is 5.10 Å². The average molecular weight is 509 g/mol. The van der Waals surface area contributed by atoms with Crippen LogP contribution in [0.4, 0.5) is 5.69 Å². The number of hydrogen-bond donors (Lipinski definition) is 3. The van der Waals surface area contributed by atoms with Crippen LogP contribution in [-0.4, -0.2) is 37.1 Å². The molecule has 0 atom stereocenters. The summed E-state index contributed by atoms with van der Waals surface area (Å²) in [6.45, 7) is 2.38. The van der Waals surface area contributed by atoms with Crippen LogP contribution >= 0.6 is 11.6 Å². The van der Waals surface area contributed by atoms with E-state index in [-0.39, 0.29) is 19.1 Å². The fraction of sp³-hybridized carbons (Fsp3) is 0.154. The molecule has 9 nitrogen and oxygen atoms in total. The Labute approximate surface area is 213 Å². The number of amides is 3. The van der Waals surface area contributed by atoms with Gasteiger partial charge in [-0.1, -0.05) is 41.9 Å². The van der Waals surface area contributed by atoms with E-state index in [1.165, 1.54) is 6.21 Å². The van der Waals surface area contributed by atoms with Gasteiger partial charge in [0.25, 0.3) is 5.91 Å². The Balaban J connectivity index is 1.51. The van der Waals surface area contributed by atoms with Gasteiger partial charge in [0.1, 0.15) is 11.5 Å². The van der Waals surface area contributed by atoms with Gasteiger partial charge in [-0.05, 0) is 55.0 Å². The van der Waals surface area contributed by atoms with Crippen molar-refractivity contribution in [3.63, 3.8) is 0 Å². The highest BCUT2D eigenvalue weighted by molar-refractivity contribution is 6.35. The molecule has 0 bridgehead atoms. The van der Waals surface area contributed by atoms with Gasteiger partial charge >= 0.3 is 11.8 Å². The third-order valence-electron chi connectivity index (χ3n) is 4.65. The highest BCUT2D eigenvalue weighted by atomic mass is 35.5. The smallest absolute Gasteiger partial charge is 0.329 e. The molecule has 0 aliphatic rings. The molecule has 10 heteroatoms. The summed E-state index contributed by atoms with van der Waals surface area (Å²) in [5, 5.41) is 9.43. The zero-order chi connectivity index (χ0) is 25.8. The van der Waals surface area contributed by atoms with E-state index in [9.17, 15) is 14.4 Å². The number of benzene rings is 3. The molecule has 0 unspecified atom stereocenters. The first-order valence-electron chi connectivity index (χ1n) is 11.0. The summed E-state index contributed by atoms with van der Waals surface area (Å²) in [5.74, 6) is -1.11. The molecule has 0 radical (unpaired) electrons. The first-order valence-corrected chi connectivity index (χ1v) is 11.4. The molecule has 0 aromatic heterocycles. The molecule has 3 N–H and O–H groups in total. The highest BCUT2D eigenvalue weighted by Crippen LogP contribution is 2.22. The van der Waals surface area contributed by atoms with E-state index >= 15 is 0 Å². The molecule has 36 heavy (non-hydrogen) atoms.